The van der Waals surface area contributed by atoms with E-state index in [9.17, 15) is 0 Å². The molecule has 2 fully saturated rings. The number of hydrogen-bond donors (Lipinski definition) is 0. The van der Waals surface area contributed by atoms with Gasteiger partial charge in [0.1, 0.15) is 0 Å². The summed E-state index contributed by atoms with van der Waals surface area (Å²) in [4.78, 5) is 0. The van der Waals surface area contributed by atoms with Crippen molar-refractivity contribution >= 4 is 0 Å². The van der Waals surface area contributed by atoms with Crippen molar-refractivity contribution < 1.29 is 0 Å². The van der Waals surface area contributed by atoms with Gasteiger partial charge < -0.3 is 0 Å². The van der Waals surface area contributed by atoms with Gasteiger partial charge in [-0.15, -0.1) is 6.58 Å². The summed E-state index contributed by atoms with van der Waals surface area (Å²) in [6.07, 6.45) is 23.3. The molecule has 27 heavy (non-hydrogen) atoms. The van der Waals surface area contributed by atoms with Crippen LogP contribution in [0, 0.1) is 53.3 Å². The molecule has 5 unspecified atom stereocenters. The number of hydrogen-bond acceptors (Lipinski definition) is 0. The van der Waals surface area contributed by atoms with Gasteiger partial charge in [0.05, 0.1) is 0 Å². The zero-order chi connectivity index (χ0) is 19.4. The lowest BCUT2D eigenvalue weighted by Crippen LogP contribution is -2.37. The molecule has 0 bridgehead atoms. The van der Waals surface area contributed by atoms with Crippen LogP contribution >= 0.6 is 0 Å². The first-order valence-electron chi connectivity index (χ1n) is 12.0. The third-order valence-corrected chi connectivity index (χ3v) is 8.24. The van der Waals surface area contributed by atoms with Gasteiger partial charge in [-0.3, -0.25) is 0 Å². The van der Waals surface area contributed by atoms with E-state index >= 15 is 0 Å². The summed E-state index contributed by atoms with van der Waals surface area (Å²) in [5.74, 6) is 7.80. The Labute approximate surface area is 169 Å². The largest absolute Gasteiger partial charge is 0.103 e. The lowest BCUT2D eigenvalue weighted by Gasteiger charge is -2.43. The fourth-order valence-corrected chi connectivity index (χ4v) is 7.40. The van der Waals surface area contributed by atoms with Gasteiger partial charge in [-0.2, -0.15) is 0 Å². The smallest absolute Gasteiger partial charge is 0.0133 e. The first-order chi connectivity index (χ1) is 13.0. The average Bonchev–Trinajstić information content (AvgIpc) is 3.28. The molecular weight excluding hydrogens is 324 g/mol. The van der Waals surface area contributed by atoms with Crippen LogP contribution in [0.1, 0.15) is 79.1 Å². The molecule has 0 heteroatoms. The SMILES string of the molecule is C=CCCCC1CC(C(C2CCCC2)C(C(C)C)C(C)C)C2C=CC=CC12. The Bertz CT molecular complexity index is 508. The standard InChI is InChI=1S/C27H44/c1-6-7-8-15-22-18-25(24-17-12-11-16-23(22)24)27(21-13-9-10-14-21)26(19(2)3)20(4)5/h6,11-12,16-17,19-27H,1,7-10,13-15,18H2,2-5H3. The maximum Gasteiger partial charge on any atom is -0.0133 e. The lowest BCUT2D eigenvalue weighted by atomic mass is 9.62. The van der Waals surface area contributed by atoms with Crippen molar-refractivity contribution in [1.29, 1.82) is 0 Å². The van der Waals surface area contributed by atoms with E-state index in [-0.39, 0.29) is 0 Å². The highest BCUT2D eigenvalue weighted by molar-refractivity contribution is 5.20. The summed E-state index contributed by atoms with van der Waals surface area (Å²) in [5.41, 5.74) is 0. The molecule has 2 saturated carbocycles. The van der Waals surface area contributed by atoms with Gasteiger partial charge in [-0.25, -0.2) is 0 Å². The van der Waals surface area contributed by atoms with Crippen LogP contribution in [0.3, 0.4) is 0 Å². The second-order valence-electron chi connectivity index (χ2n) is 10.5. The molecule has 0 saturated heterocycles. The van der Waals surface area contributed by atoms with Crippen LogP contribution in [0.5, 0.6) is 0 Å². The summed E-state index contributed by atoms with van der Waals surface area (Å²) >= 11 is 0. The summed E-state index contributed by atoms with van der Waals surface area (Å²) in [5, 5.41) is 0. The molecule has 0 N–H and O–H groups in total. The third kappa shape index (κ3) is 4.63. The Morgan fingerprint density at radius 1 is 0.963 bits per heavy atom. The highest BCUT2D eigenvalue weighted by Gasteiger charge is 2.49. The molecule has 0 aromatic heterocycles. The van der Waals surface area contributed by atoms with E-state index in [0.717, 1.165) is 53.3 Å². The summed E-state index contributed by atoms with van der Waals surface area (Å²) < 4.78 is 0. The third-order valence-electron chi connectivity index (χ3n) is 8.24. The molecule has 3 aliphatic rings. The first-order valence-corrected chi connectivity index (χ1v) is 12.0. The predicted octanol–water partition coefficient (Wildman–Crippen LogP) is 8.07. The van der Waals surface area contributed by atoms with Crippen molar-refractivity contribution in [2.24, 2.45) is 53.3 Å². The van der Waals surface area contributed by atoms with Crippen LogP contribution in [0.2, 0.25) is 0 Å². The average molecular weight is 369 g/mol. The van der Waals surface area contributed by atoms with Gasteiger partial charge in [0.15, 0.2) is 0 Å². The van der Waals surface area contributed by atoms with Gasteiger partial charge >= 0.3 is 0 Å². The topological polar surface area (TPSA) is 0 Å². The maximum atomic E-state index is 3.94. The minimum absolute atomic E-state index is 0.800. The predicted molar refractivity (Wildman–Crippen MR) is 120 cm³/mol. The van der Waals surface area contributed by atoms with E-state index in [2.05, 4.69) is 64.7 Å². The summed E-state index contributed by atoms with van der Waals surface area (Å²) in [7, 11) is 0. The van der Waals surface area contributed by atoms with Gasteiger partial charge in [-0.1, -0.05) is 83.8 Å². The Balaban J connectivity index is 1.86. The monoisotopic (exact) mass is 368 g/mol. The first kappa shape index (κ1) is 20.9. The lowest BCUT2D eigenvalue weighted by molar-refractivity contribution is 0.0617. The number of rotatable bonds is 9. The highest BCUT2D eigenvalue weighted by atomic mass is 14.5. The van der Waals surface area contributed by atoms with Crippen LogP contribution in [-0.2, 0) is 0 Å². The summed E-state index contributed by atoms with van der Waals surface area (Å²) in [6.45, 7) is 13.9. The molecule has 0 spiro atoms. The second kappa shape index (κ2) is 9.62. The van der Waals surface area contributed by atoms with Crippen molar-refractivity contribution in [3.8, 4) is 0 Å². The van der Waals surface area contributed by atoms with Crippen LogP contribution < -0.4 is 0 Å². The fraction of sp³-hybridized carbons (Fsp3) is 0.778. The zero-order valence-corrected chi connectivity index (χ0v) is 18.4. The van der Waals surface area contributed by atoms with Crippen molar-refractivity contribution in [3.63, 3.8) is 0 Å². The summed E-state index contributed by atoms with van der Waals surface area (Å²) in [6, 6.07) is 0. The Morgan fingerprint density at radius 3 is 2.19 bits per heavy atom. The molecule has 3 aliphatic carbocycles. The molecule has 0 aliphatic heterocycles. The van der Waals surface area contributed by atoms with Gasteiger partial charge in [0.25, 0.3) is 0 Å². The molecule has 0 heterocycles. The van der Waals surface area contributed by atoms with Gasteiger partial charge in [0.2, 0.25) is 0 Å². The Kier molecular flexibility index (Phi) is 7.46. The molecule has 0 amide bonds. The van der Waals surface area contributed by atoms with Crippen molar-refractivity contribution in [2.45, 2.75) is 79.1 Å². The van der Waals surface area contributed by atoms with E-state index in [1.165, 1.54) is 51.4 Å². The van der Waals surface area contributed by atoms with Crippen molar-refractivity contribution in [1.82, 2.24) is 0 Å². The van der Waals surface area contributed by atoms with Crippen LogP contribution in [0.4, 0.5) is 0 Å². The van der Waals surface area contributed by atoms with Crippen LogP contribution in [0.15, 0.2) is 37.0 Å². The van der Waals surface area contributed by atoms with E-state index in [4.69, 9.17) is 0 Å². The normalized spacial score (nSPS) is 32.0. The Morgan fingerprint density at radius 2 is 1.59 bits per heavy atom. The van der Waals surface area contributed by atoms with Crippen LogP contribution in [0.25, 0.3) is 0 Å². The molecule has 0 radical (unpaired) electrons. The second-order valence-corrected chi connectivity index (χ2v) is 10.5. The molecule has 0 aromatic carbocycles. The number of fused-ring (bicyclic) bond motifs is 1. The minimum atomic E-state index is 0.800. The molecule has 152 valence electrons. The van der Waals surface area contributed by atoms with E-state index in [1.54, 1.807) is 0 Å². The minimum Gasteiger partial charge on any atom is -0.103 e. The zero-order valence-electron chi connectivity index (χ0n) is 18.4. The fourth-order valence-electron chi connectivity index (χ4n) is 7.40. The van der Waals surface area contributed by atoms with E-state index in [1.807, 2.05) is 0 Å². The number of allylic oxidation sites excluding steroid dienone is 5. The van der Waals surface area contributed by atoms with Gasteiger partial charge in [-0.05, 0) is 78.9 Å². The molecule has 3 rings (SSSR count). The van der Waals surface area contributed by atoms with Crippen molar-refractivity contribution in [3.05, 3.63) is 37.0 Å². The van der Waals surface area contributed by atoms with Crippen LogP contribution in [-0.4, -0.2) is 0 Å². The van der Waals surface area contributed by atoms with E-state index < -0.39 is 0 Å². The molecular formula is C27H44. The number of unbranched alkanes of at least 4 members (excludes halogenated alkanes) is 1. The molecule has 0 nitrogen and oxygen atoms in total. The maximum absolute atomic E-state index is 3.94. The molecule has 5 atom stereocenters. The Hall–Kier alpha value is -0.780. The molecule has 0 aromatic rings. The van der Waals surface area contributed by atoms with Gasteiger partial charge in [0, 0.05) is 0 Å². The highest BCUT2D eigenvalue weighted by Crippen LogP contribution is 2.56. The van der Waals surface area contributed by atoms with Crippen molar-refractivity contribution in [2.75, 3.05) is 0 Å². The van der Waals surface area contributed by atoms with E-state index in [0.29, 0.717) is 0 Å². The quantitative estimate of drug-likeness (QED) is 0.285.